The Labute approximate surface area is 207 Å². The summed E-state index contributed by atoms with van der Waals surface area (Å²) in [5.41, 5.74) is 0.0754. The molecule has 0 fully saturated rings. The molecule has 0 aliphatic rings. The van der Waals surface area contributed by atoms with Gasteiger partial charge in [-0.2, -0.15) is 9.78 Å². The van der Waals surface area contributed by atoms with E-state index in [9.17, 15) is 19.2 Å². The van der Waals surface area contributed by atoms with Crippen LogP contribution in [0, 0.1) is 6.92 Å². The Hall–Kier alpha value is -4.57. The monoisotopic (exact) mass is 501 g/mol. The topological polar surface area (TPSA) is 120 Å². The largest absolute Gasteiger partial charge is 0.461 e. The van der Waals surface area contributed by atoms with Crippen LogP contribution >= 0.6 is 11.3 Å². The SMILES string of the molecule is CCOC(=O)c1nn(-c2cccc(C)c2)c(=O)c2c(NC(=O)c3cc4ccccc4oc3=O)scc12. The van der Waals surface area contributed by atoms with E-state index in [1.807, 2.05) is 13.0 Å². The van der Waals surface area contributed by atoms with Crippen molar-refractivity contribution in [3.05, 3.63) is 97.6 Å². The fourth-order valence-corrected chi connectivity index (χ4v) is 4.75. The fourth-order valence-electron chi connectivity index (χ4n) is 3.82. The van der Waals surface area contributed by atoms with Crippen LogP contribution in [0.2, 0.25) is 0 Å². The zero-order chi connectivity index (χ0) is 25.4. The Kier molecular flexibility index (Phi) is 5.95. The minimum absolute atomic E-state index is 0.0603. The van der Waals surface area contributed by atoms with Crippen LogP contribution in [0.1, 0.15) is 33.3 Å². The van der Waals surface area contributed by atoms with Gasteiger partial charge in [-0.3, -0.25) is 9.59 Å². The Balaban J connectivity index is 1.66. The van der Waals surface area contributed by atoms with Gasteiger partial charge in [-0.15, -0.1) is 11.3 Å². The molecule has 3 heterocycles. The van der Waals surface area contributed by atoms with E-state index in [4.69, 9.17) is 9.15 Å². The summed E-state index contributed by atoms with van der Waals surface area (Å²) >= 11 is 1.04. The van der Waals surface area contributed by atoms with E-state index in [0.717, 1.165) is 21.6 Å². The van der Waals surface area contributed by atoms with Gasteiger partial charge < -0.3 is 14.5 Å². The quantitative estimate of drug-likeness (QED) is 0.282. The average Bonchev–Trinajstić information content (AvgIpc) is 3.28. The van der Waals surface area contributed by atoms with Gasteiger partial charge in [0, 0.05) is 16.2 Å². The van der Waals surface area contributed by atoms with Crippen molar-refractivity contribution < 1.29 is 18.7 Å². The summed E-state index contributed by atoms with van der Waals surface area (Å²) in [7, 11) is 0. The molecular weight excluding hydrogens is 482 g/mol. The Morgan fingerprint density at radius 3 is 2.69 bits per heavy atom. The van der Waals surface area contributed by atoms with Crippen molar-refractivity contribution in [2.75, 3.05) is 11.9 Å². The standard InChI is InChI=1S/C26H19N3O6S/c1-3-34-26(33)21-18-13-36-23(20(18)24(31)29(28-21)16-9-6-7-14(2)11-16)27-22(30)17-12-15-8-4-5-10-19(15)35-25(17)32/h4-13H,3H2,1-2H3,(H,27,30). The third kappa shape index (κ3) is 4.07. The number of anilines is 1. The number of carbonyl (C=O) groups is 2. The molecule has 2 aromatic carbocycles. The molecule has 5 aromatic rings. The Morgan fingerprint density at radius 2 is 1.92 bits per heavy atom. The van der Waals surface area contributed by atoms with Crippen LogP contribution in [0.25, 0.3) is 27.4 Å². The predicted octanol–water partition coefficient (Wildman–Crippen LogP) is 4.29. The van der Waals surface area contributed by atoms with E-state index in [-0.39, 0.29) is 33.6 Å². The third-order valence-corrected chi connectivity index (χ3v) is 6.38. The lowest BCUT2D eigenvalue weighted by molar-refractivity contribution is 0.0520. The molecule has 180 valence electrons. The molecule has 0 radical (unpaired) electrons. The van der Waals surface area contributed by atoms with Crippen molar-refractivity contribution in [2.45, 2.75) is 13.8 Å². The predicted molar refractivity (Wildman–Crippen MR) is 136 cm³/mol. The fraction of sp³-hybridized carbons (Fsp3) is 0.115. The summed E-state index contributed by atoms with van der Waals surface area (Å²) < 4.78 is 11.5. The summed E-state index contributed by atoms with van der Waals surface area (Å²) in [6.07, 6.45) is 0. The number of thiophene rings is 1. The second-order valence-electron chi connectivity index (χ2n) is 7.92. The molecule has 9 nitrogen and oxygen atoms in total. The van der Waals surface area contributed by atoms with Crippen molar-refractivity contribution in [1.82, 2.24) is 9.78 Å². The normalized spacial score (nSPS) is 11.1. The van der Waals surface area contributed by atoms with Gasteiger partial charge >= 0.3 is 11.6 Å². The van der Waals surface area contributed by atoms with Crippen molar-refractivity contribution in [2.24, 2.45) is 0 Å². The molecule has 36 heavy (non-hydrogen) atoms. The van der Waals surface area contributed by atoms with E-state index >= 15 is 0 Å². The van der Waals surface area contributed by atoms with E-state index < -0.39 is 23.1 Å². The molecular formula is C26H19N3O6S. The number of hydrogen-bond donors (Lipinski definition) is 1. The molecule has 0 atom stereocenters. The third-order valence-electron chi connectivity index (χ3n) is 5.48. The summed E-state index contributed by atoms with van der Waals surface area (Å²) in [6.45, 7) is 3.65. The number of aryl methyl sites for hydroxylation is 1. The summed E-state index contributed by atoms with van der Waals surface area (Å²) in [5, 5.41) is 9.55. The van der Waals surface area contributed by atoms with Crippen molar-refractivity contribution in [3.8, 4) is 5.69 Å². The number of nitrogens with one attached hydrogen (secondary N) is 1. The van der Waals surface area contributed by atoms with Crippen LogP contribution in [0.15, 0.2) is 74.0 Å². The number of para-hydroxylation sites is 1. The lowest BCUT2D eigenvalue weighted by Gasteiger charge is -2.10. The van der Waals surface area contributed by atoms with Gasteiger partial charge in [-0.25, -0.2) is 9.59 Å². The molecule has 1 amide bonds. The smallest absolute Gasteiger partial charge is 0.359 e. The Bertz CT molecular complexity index is 1780. The number of rotatable bonds is 5. The molecule has 0 saturated carbocycles. The minimum Gasteiger partial charge on any atom is -0.461 e. The van der Waals surface area contributed by atoms with Gasteiger partial charge in [0.25, 0.3) is 11.5 Å². The zero-order valence-electron chi connectivity index (χ0n) is 19.2. The second-order valence-corrected chi connectivity index (χ2v) is 8.80. The lowest BCUT2D eigenvalue weighted by Crippen LogP contribution is -2.26. The van der Waals surface area contributed by atoms with Crippen molar-refractivity contribution in [3.63, 3.8) is 0 Å². The highest BCUT2D eigenvalue weighted by Crippen LogP contribution is 2.31. The highest BCUT2D eigenvalue weighted by atomic mass is 32.1. The molecule has 0 aliphatic heterocycles. The van der Waals surface area contributed by atoms with E-state index in [2.05, 4.69) is 10.4 Å². The molecule has 0 bridgehead atoms. The molecule has 3 aromatic heterocycles. The van der Waals surface area contributed by atoms with Crippen LogP contribution in [-0.4, -0.2) is 28.3 Å². The van der Waals surface area contributed by atoms with Crippen molar-refractivity contribution >= 4 is 50.0 Å². The average molecular weight is 502 g/mol. The number of amides is 1. The molecule has 0 aliphatic carbocycles. The van der Waals surface area contributed by atoms with E-state index in [0.29, 0.717) is 16.7 Å². The number of aromatic nitrogens is 2. The maximum absolute atomic E-state index is 13.5. The van der Waals surface area contributed by atoms with Gasteiger partial charge in [0.05, 0.1) is 17.7 Å². The lowest BCUT2D eigenvalue weighted by atomic mass is 10.1. The maximum atomic E-state index is 13.5. The first-order valence-electron chi connectivity index (χ1n) is 11.0. The second kappa shape index (κ2) is 9.23. The molecule has 0 spiro atoms. The number of ether oxygens (including phenoxy) is 1. The van der Waals surface area contributed by atoms with Gasteiger partial charge in [0.15, 0.2) is 5.69 Å². The first kappa shape index (κ1) is 23.2. The van der Waals surface area contributed by atoms with Gasteiger partial charge in [0.2, 0.25) is 0 Å². The van der Waals surface area contributed by atoms with Crippen LogP contribution < -0.4 is 16.5 Å². The van der Waals surface area contributed by atoms with E-state index in [1.165, 1.54) is 6.07 Å². The highest BCUT2D eigenvalue weighted by molar-refractivity contribution is 7.16. The Morgan fingerprint density at radius 1 is 1.11 bits per heavy atom. The molecule has 10 heteroatoms. The summed E-state index contributed by atoms with van der Waals surface area (Å²) in [5.74, 6) is -1.44. The zero-order valence-corrected chi connectivity index (χ0v) is 20.0. The van der Waals surface area contributed by atoms with Crippen LogP contribution in [0.4, 0.5) is 5.00 Å². The van der Waals surface area contributed by atoms with Gasteiger partial charge in [-0.1, -0.05) is 30.3 Å². The highest BCUT2D eigenvalue weighted by Gasteiger charge is 2.24. The molecule has 0 saturated heterocycles. The molecule has 5 rings (SSSR count). The summed E-state index contributed by atoms with van der Waals surface area (Å²) in [6, 6.07) is 15.3. The first-order chi connectivity index (χ1) is 17.4. The number of fused-ring (bicyclic) bond motifs is 2. The van der Waals surface area contributed by atoms with Crippen molar-refractivity contribution in [1.29, 1.82) is 0 Å². The number of hydrogen-bond acceptors (Lipinski definition) is 8. The summed E-state index contributed by atoms with van der Waals surface area (Å²) in [4.78, 5) is 51.8. The van der Waals surface area contributed by atoms with Crippen LogP contribution in [0.5, 0.6) is 0 Å². The first-order valence-corrected chi connectivity index (χ1v) is 11.9. The van der Waals surface area contributed by atoms with Gasteiger partial charge in [0.1, 0.15) is 16.1 Å². The number of nitrogens with zero attached hydrogens (tertiary/aromatic N) is 2. The molecule has 1 N–H and O–H groups in total. The maximum Gasteiger partial charge on any atom is 0.359 e. The van der Waals surface area contributed by atoms with Crippen LogP contribution in [0.3, 0.4) is 0 Å². The van der Waals surface area contributed by atoms with E-state index in [1.54, 1.807) is 54.8 Å². The molecule has 0 unspecified atom stereocenters. The van der Waals surface area contributed by atoms with Gasteiger partial charge in [-0.05, 0) is 43.7 Å². The van der Waals surface area contributed by atoms with Crippen LogP contribution in [-0.2, 0) is 4.74 Å². The number of esters is 1. The number of carbonyl (C=O) groups excluding carboxylic acids is 2. The number of benzene rings is 2. The minimum atomic E-state index is -0.807.